The Labute approximate surface area is 55.4 Å². The van der Waals surface area contributed by atoms with Crippen molar-refractivity contribution >= 4 is 19.6 Å². The van der Waals surface area contributed by atoms with Crippen molar-refractivity contribution in [3.63, 3.8) is 0 Å². The van der Waals surface area contributed by atoms with Crippen molar-refractivity contribution in [3.05, 3.63) is 25.3 Å². The van der Waals surface area contributed by atoms with E-state index < -0.39 is 0 Å². The molecule has 9 heavy (non-hydrogen) atoms. The molecule has 3 heteroatoms. The van der Waals surface area contributed by atoms with Gasteiger partial charge in [0.25, 0.3) is 0 Å². The second kappa shape index (κ2) is 4.16. The molecule has 0 rings (SSSR count). The lowest BCUT2D eigenvalue weighted by Crippen LogP contribution is -1.87. The first-order valence-electron chi connectivity index (χ1n) is 2.30. The third kappa shape index (κ3) is 3.80. The molecule has 0 aliphatic heterocycles. The van der Waals surface area contributed by atoms with Gasteiger partial charge in [-0.2, -0.15) is 0 Å². The molecule has 0 aromatic rings. The number of carbonyl (C=O) groups is 2. The molecule has 0 bridgehead atoms. The largest absolute Gasteiger partial charge is 0.290 e. The van der Waals surface area contributed by atoms with Crippen molar-refractivity contribution in [2.24, 2.45) is 0 Å². The first-order valence-corrected chi connectivity index (χ1v) is 3.30. The quantitative estimate of drug-likeness (QED) is 0.435. The van der Waals surface area contributed by atoms with Gasteiger partial charge in [-0.25, -0.2) is 0 Å². The fourth-order valence-corrected chi connectivity index (χ4v) is 0.670. The summed E-state index contributed by atoms with van der Waals surface area (Å²) in [5, 5.41) is 0. The Morgan fingerprint density at radius 2 is 1.44 bits per heavy atom. The molecule has 0 heterocycles. The maximum atomic E-state index is 10.4. The molecular formula is C6H7O2P. The summed E-state index contributed by atoms with van der Waals surface area (Å²) in [6, 6.07) is 0. The molecule has 0 spiro atoms. The van der Waals surface area contributed by atoms with Crippen molar-refractivity contribution in [2.45, 2.75) is 0 Å². The van der Waals surface area contributed by atoms with Gasteiger partial charge in [0.1, 0.15) is 0 Å². The van der Waals surface area contributed by atoms with Gasteiger partial charge in [-0.3, -0.25) is 9.59 Å². The van der Waals surface area contributed by atoms with Crippen molar-refractivity contribution in [1.82, 2.24) is 0 Å². The van der Waals surface area contributed by atoms with Crippen molar-refractivity contribution < 1.29 is 9.59 Å². The molecule has 0 N–H and O–H groups in total. The molecule has 0 atom stereocenters. The van der Waals surface area contributed by atoms with Gasteiger partial charge in [-0.15, -0.1) is 0 Å². The average molecular weight is 142 g/mol. The van der Waals surface area contributed by atoms with Gasteiger partial charge >= 0.3 is 0 Å². The fraction of sp³-hybridized carbons (Fsp3) is 0. The van der Waals surface area contributed by atoms with Crippen LogP contribution in [-0.4, -0.2) is 11.0 Å². The summed E-state index contributed by atoms with van der Waals surface area (Å²) in [5.41, 5.74) is -0.472. The zero-order valence-electron chi connectivity index (χ0n) is 4.89. The molecule has 0 aromatic carbocycles. The summed E-state index contributed by atoms with van der Waals surface area (Å²) in [6.07, 6.45) is 2.28. The summed E-state index contributed by atoms with van der Waals surface area (Å²) in [6.45, 7) is 6.44. The summed E-state index contributed by atoms with van der Waals surface area (Å²) >= 11 is 0. The van der Waals surface area contributed by atoms with E-state index in [0.29, 0.717) is 0 Å². The van der Waals surface area contributed by atoms with Gasteiger partial charge in [-0.05, 0) is 12.2 Å². The highest BCUT2D eigenvalue weighted by molar-refractivity contribution is 7.74. The minimum Gasteiger partial charge on any atom is -0.290 e. The van der Waals surface area contributed by atoms with Gasteiger partial charge in [-0.1, -0.05) is 13.2 Å². The highest BCUT2D eigenvalue weighted by Crippen LogP contribution is 2.12. The Morgan fingerprint density at radius 3 is 1.67 bits per heavy atom. The molecule has 0 aliphatic rings. The number of rotatable bonds is 4. The van der Waals surface area contributed by atoms with Gasteiger partial charge in [0, 0.05) is 8.58 Å². The van der Waals surface area contributed by atoms with Crippen LogP contribution in [-0.2, 0) is 9.59 Å². The van der Waals surface area contributed by atoms with Gasteiger partial charge in [0.15, 0.2) is 11.0 Å². The van der Waals surface area contributed by atoms with Crippen LogP contribution in [0.1, 0.15) is 0 Å². The summed E-state index contributed by atoms with van der Waals surface area (Å²) < 4.78 is 0. The van der Waals surface area contributed by atoms with E-state index in [4.69, 9.17) is 0 Å². The minimum atomic E-state index is -0.334. The van der Waals surface area contributed by atoms with E-state index in [9.17, 15) is 9.59 Å². The average Bonchev–Trinajstić information content (AvgIpc) is 1.87. The molecule has 0 aliphatic carbocycles. The van der Waals surface area contributed by atoms with E-state index in [1.165, 1.54) is 0 Å². The molecule has 2 nitrogen and oxygen atoms in total. The van der Waals surface area contributed by atoms with E-state index >= 15 is 0 Å². The summed E-state index contributed by atoms with van der Waals surface area (Å²) in [4.78, 5) is 20.8. The standard InChI is InChI=1S/C6H7O2P/c1-3-5(7)9-6(8)4-2/h3-4,9H,1-2H2. The van der Waals surface area contributed by atoms with Gasteiger partial charge in [0.2, 0.25) is 0 Å². The predicted octanol–water partition coefficient (Wildman–Crippen LogP) is 1.09. The van der Waals surface area contributed by atoms with E-state index in [1.54, 1.807) is 0 Å². The Balaban J connectivity index is 3.73. The first kappa shape index (κ1) is 8.25. The lowest BCUT2D eigenvalue weighted by molar-refractivity contribution is -0.109. The zero-order valence-corrected chi connectivity index (χ0v) is 5.89. The van der Waals surface area contributed by atoms with Crippen LogP contribution in [0.3, 0.4) is 0 Å². The van der Waals surface area contributed by atoms with Crippen LogP contribution < -0.4 is 0 Å². The number of hydrogen-bond acceptors (Lipinski definition) is 2. The van der Waals surface area contributed by atoms with Crippen molar-refractivity contribution in [3.8, 4) is 0 Å². The van der Waals surface area contributed by atoms with Gasteiger partial charge < -0.3 is 0 Å². The Morgan fingerprint density at radius 1 is 1.11 bits per heavy atom. The third-order valence-electron chi connectivity index (χ3n) is 0.617. The number of allylic oxidation sites excluding steroid dienone is 2. The van der Waals surface area contributed by atoms with Gasteiger partial charge in [0.05, 0.1) is 0 Å². The summed E-state index contributed by atoms with van der Waals surface area (Å²) in [5.74, 6) is 0. The number of hydrogen-bond donors (Lipinski definition) is 0. The molecule has 0 unspecified atom stereocenters. The van der Waals surface area contributed by atoms with Crippen LogP contribution >= 0.6 is 8.58 Å². The Kier molecular flexibility index (Phi) is 3.81. The summed E-state index contributed by atoms with van der Waals surface area (Å²) in [7, 11) is -0.334. The van der Waals surface area contributed by atoms with E-state index in [1.807, 2.05) is 0 Å². The predicted molar refractivity (Wildman–Crippen MR) is 38.7 cm³/mol. The molecule has 0 fully saturated rings. The van der Waals surface area contributed by atoms with E-state index in [2.05, 4.69) is 13.2 Å². The van der Waals surface area contributed by atoms with Crippen LogP contribution in [0.4, 0.5) is 0 Å². The topological polar surface area (TPSA) is 34.1 Å². The normalized spacial score (nSPS) is 8.00. The Hall–Kier alpha value is -0.750. The molecule has 0 amide bonds. The number of carbonyl (C=O) groups excluding carboxylic acids is 2. The van der Waals surface area contributed by atoms with Crippen LogP contribution in [0, 0.1) is 0 Å². The highest BCUT2D eigenvalue weighted by Gasteiger charge is 1.99. The molecular weight excluding hydrogens is 135 g/mol. The van der Waals surface area contributed by atoms with Crippen molar-refractivity contribution in [2.75, 3.05) is 0 Å². The minimum absolute atomic E-state index is 0.236. The third-order valence-corrected chi connectivity index (χ3v) is 1.52. The van der Waals surface area contributed by atoms with Crippen LogP contribution in [0.5, 0.6) is 0 Å². The maximum Gasteiger partial charge on any atom is 0.181 e. The molecule has 0 saturated heterocycles. The molecule has 0 aromatic heterocycles. The smallest absolute Gasteiger partial charge is 0.181 e. The maximum absolute atomic E-state index is 10.4. The van der Waals surface area contributed by atoms with Crippen LogP contribution in [0.15, 0.2) is 25.3 Å². The lowest BCUT2D eigenvalue weighted by Gasteiger charge is -1.85. The Bertz CT molecular complexity index is 142. The fourth-order valence-electron chi connectivity index (χ4n) is 0.223. The van der Waals surface area contributed by atoms with E-state index in [0.717, 1.165) is 12.2 Å². The van der Waals surface area contributed by atoms with Crippen molar-refractivity contribution in [1.29, 1.82) is 0 Å². The second-order valence-corrected chi connectivity index (χ2v) is 2.50. The van der Waals surface area contributed by atoms with E-state index in [-0.39, 0.29) is 19.6 Å². The highest BCUT2D eigenvalue weighted by atomic mass is 31.1. The van der Waals surface area contributed by atoms with Crippen LogP contribution in [0.2, 0.25) is 0 Å². The molecule has 0 radical (unpaired) electrons. The monoisotopic (exact) mass is 142 g/mol. The zero-order chi connectivity index (χ0) is 7.28. The lowest BCUT2D eigenvalue weighted by atomic mass is 10.7. The first-order chi connectivity index (χ1) is 4.20. The SMILES string of the molecule is C=CC(=O)PC(=O)C=C. The second-order valence-electron chi connectivity index (χ2n) is 1.26. The van der Waals surface area contributed by atoms with Crippen LogP contribution in [0.25, 0.3) is 0 Å². The molecule has 0 saturated carbocycles. The molecule has 48 valence electrons.